The van der Waals surface area contributed by atoms with Crippen LogP contribution in [-0.4, -0.2) is 59.5 Å². The molecule has 3 aromatic carbocycles. The number of amides is 2. The number of carbonyl (C=O) groups is 3. The molecule has 1 aliphatic heterocycles. The number of amidine groups is 1. The molecule has 1 aliphatic rings. The smallest absolute Gasteiger partial charge is 0.335 e. The van der Waals surface area contributed by atoms with Crippen LogP contribution in [0.3, 0.4) is 0 Å². The molecule has 1 atom stereocenters. The van der Waals surface area contributed by atoms with Crippen LogP contribution in [0.1, 0.15) is 22.3 Å². The predicted molar refractivity (Wildman–Crippen MR) is 148 cm³/mol. The topological polar surface area (TPSA) is 127 Å². The summed E-state index contributed by atoms with van der Waals surface area (Å²) in [5, 5.41) is 11.5. The van der Waals surface area contributed by atoms with E-state index in [1.807, 2.05) is 6.07 Å². The van der Waals surface area contributed by atoms with E-state index < -0.39 is 11.2 Å². The number of anilines is 1. The third kappa shape index (κ3) is 6.68. The number of nitrogens with one attached hydrogen (secondary N) is 1. The van der Waals surface area contributed by atoms with Crippen molar-refractivity contribution in [2.45, 2.75) is 18.2 Å². The number of hydrogen-bond donors (Lipinski definition) is 2. The van der Waals surface area contributed by atoms with Gasteiger partial charge in [-0.3, -0.25) is 14.5 Å². The highest BCUT2D eigenvalue weighted by molar-refractivity contribution is 8.15. The molecule has 10 nitrogen and oxygen atoms in total. The lowest BCUT2D eigenvalue weighted by Gasteiger charge is -2.18. The van der Waals surface area contributed by atoms with Crippen LogP contribution in [0, 0.1) is 0 Å². The molecule has 0 aliphatic carbocycles. The lowest BCUT2D eigenvalue weighted by molar-refractivity contribution is -0.128. The molecule has 11 heteroatoms. The van der Waals surface area contributed by atoms with E-state index in [9.17, 15) is 14.4 Å². The van der Waals surface area contributed by atoms with Gasteiger partial charge in [0, 0.05) is 12.1 Å². The van der Waals surface area contributed by atoms with Gasteiger partial charge in [0.05, 0.1) is 39.1 Å². The lowest BCUT2D eigenvalue weighted by Crippen LogP contribution is -2.33. The first-order valence-electron chi connectivity index (χ1n) is 11.9. The second-order valence-electron chi connectivity index (χ2n) is 8.45. The van der Waals surface area contributed by atoms with E-state index in [0.29, 0.717) is 33.8 Å². The number of methoxy groups -OCH3 is 3. The Morgan fingerprint density at radius 1 is 0.949 bits per heavy atom. The van der Waals surface area contributed by atoms with Crippen molar-refractivity contribution < 1.29 is 33.7 Å². The molecular weight excluding hydrogens is 522 g/mol. The average molecular weight is 550 g/mol. The van der Waals surface area contributed by atoms with Crippen molar-refractivity contribution in [2.24, 2.45) is 4.99 Å². The third-order valence-electron chi connectivity index (χ3n) is 5.89. The van der Waals surface area contributed by atoms with E-state index >= 15 is 0 Å². The van der Waals surface area contributed by atoms with Crippen molar-refractivity contribution >= 4 is 46.1 Å². The standard InChI is InChI=1S/C28H27N3O7S/c1-36-21-11-9-20(10-12-21)30-28-31(16-17-4-13-22(37-2)23(14-17)38-3)26(33)24(39-28)15-25(32)29-19-7-5-18(6-8-19)27(34)35/h4-14,24H,15-16H2,1-3H3,(H,29,32)(H,34,35)/t24-/m0/s1. The number of benzene rings is 3. The SMILES string of the molecule is COc1ccc(N=C2S[C@@H](CC(=O)Nc3ccc(C(=O)O)cc3)C(=O)N2Cc2ccc(OC)c(OC)c2)cc1. The maximum atomic E-state index is 13.5. The number of aromatic carboxylic acids is 1. The van der Waals surface area contributed by atoms with E-state index in [2.05, 4.69) is 5.32 Å². The molecule has 4 rings (SSSR count). The van der Waals surface area contributed by atoms with Gasteiger partial charge in [0.1, 0.15) is 11.0 Å². The minimum Gasteiger partial charge on any atom is -0.497 e. The quantitative estimate of drug-likeness (QED) is 0.377. The summed E-state index contributed by atoms with van der Waals surface area (Å²) < 4.78 is 15.9. The second kappa shape index (κ2) is 12.4. The molecule has 0 bridgehead atoms. The molecule has 39 heavy (non-hydrogen) atoms. The number of carbonyl (C=O) groups excluding carboxylic acids is 2. The molecule has 202 valence electrons. The fourth-order valence-corrected chi connectivity index (χ4v) is 5.03. The van der Waals surface area contributed by atoms with Gasteiger partial charge in [-0.2, -0.15) is 0 Å². The average Bonchev–Trinajstić information content (AvgIpc) is 3.22. The van der Waals surface area contributed by atoms with Crippen molar-refractivity contribution in [3.8, 4) is 17.2 Å². The Morgan fingerprint density at radius 3 is 2.26 bits per heavy atom. The van der Waals surface area contributed by atoms with Gasteiger partial charge in [-0.25, -0.2) is 9.79 Å². The molecule has 2 N–H and O–H groups in total. The van der Waals surface area contributed by atoms with E-state index in [1.54, 1.807) is 62.6 Å². The largest absolute Gasteiger partial charge is 0.497 e. The lowest BCUT2D eigenvalue weighted by atomic mass is 10.1. The van der Waals surface area contributed by atoms with E-state index in [0.717, 1.165) is 5.56 Å². The summed E-state index contributed by atoms with van der Waals surface area (Å²) in [6.07, 6.45) is -0.0890. The summed E-state index contributed by atoms with van der Waals surface area (Å²) in [5.41, 5.74) is 1.98. The minimum absolute atomic E-state index is 0.0890. The monoisotopic (exact) mass is 549 g/mol. The maximum Gasteiger partial charge on any atom is 0.335 e. The zero-order chi connectivity index (χ0) is 27.9. The number of ether oxygens (including phenoxy) is 3. The molecule has 1 fully saturated rings. The number of aliphatic imine (C=N–C) groups is 1. The number of rotatable bonds is 10. The number of carboxylic acids is 1. The molecule has 0 saturated carbocycles. The van der Waals surface area contributed by atoms with Crippen LogP contribution in [0.4, 0.5) is 11.4 Å². The number of thioether (sulfide) groups is 1. The van der Waals surface area contributed by atoms with Gasteiger partial charge in [-0.05, 0) is 66.2 Å². The van der Waals surface area contributed by atoms with Crippen LogP contribution < -0.4 is 19.5 Å². The molecule has 0 spiro atoms. The first-order chi connectivity index (χ1) is 18.8. The Hall–Kier alpha value is -4.51. The summed E-state index contributed by atoms with van der Waals surface area (Å²) >= 11 is 1.21. The van der Waals surface area contributed by atoms with E-state index in [-0.39, 0.29) is 30.3 Å². The summed E-state index contributed by atoms with van der Waals surface area (Å²) in [6.45, 7) is 0.218. The van der Waals surface area contributed by atoms with Crippen molar-refractivity contribution in [3.63, 3.8) is 0 Å². The summed E-state index contributed by atoms with van der Waals surface area (Å²) in [6, 6.07) is 18.3. The van der Waals surface area contributed by atoms with Gasteiger partial charge < -0.3 is 24.6 Å². The van der Waals surface area contributed by atoms with Crippen molar-refractivity contribution in [3.05, 3.63) is 77.9 Å². The van der Waals surface area contributed by atoms with Crippen molar-refractivity contribution in [1.82, 2.24) is 4.90 Å². The molecule has 0 aromatic heterocycles. The first kappa shape index (κ1) is 27.5. The Bertz CT molecular complexity index is 1390. The third-order valence-corrected chi connectivity index (χ3v) is 7.07. The summed E-state index contributed by atoms with van der Waals surface area (Å²) in [5.74, 6) is 0.106. The highest BCUT2D eigenvalue weighted by atomic mass is 32.2. The highest BCUT2D eigenvalue weighted by Crippen LogP contribution is 2.35. The normalized spacial score (nSPS) is 15.8. The van der Waals surface area contributed by atoms with Crippen LogP contribution in [0.25, 0.3) is 0 Å². The number of nitrogens with zero attached hydrogens (tertiary/aromatic N) is 2. The van der Waals surface area contributed by atoms with Crippen LogP contribution in [0.2, 0.25) is 0 Å². The zero-order valence-electron chi connectivity index (χ0n) is 21.5. The van der Waals surface area contributed by atoms with Crippen molar-refractivity contribution in [1.29, 1.82) is 0 Å². The summed E-state index contributed by atoms with van der Waals surface area (Å²) in [4.78, 5) is 43.6. The first-order valence-corrected chi connectivity index (χ1v) is 12.7. The fraction of sp³-hybridized carbons (Fsp3) is 0.214. The van der Waals surface area contributed by atoms with Crippen LogP contribution in [-0.2, 0) is 16.1 Å². The molecule has 0 unspecified atom stereocenters. The van der Waals surface area contributed by atoms with E-state index in [1.165, 1.54) is 36.0 Å². The Kier molecular flexibility index (Phi) is 8.72. The maximum absolute atomic E-state index is 13.5. The molecule has 2 amide bonds. The van der Waals surface area contributed by atoms with Gasteiger partial charge in [-0.15, -0.1) is 0 Å². The fourth-order valence-electron chi connectivity index (χ4n) is 3.88. The predicted octanol–water partition coefficient (Wildman–Crippen LogP) is 4.57. The van der Waals surface area contributed by atoms with Gasteiger partial charge in [0.2, 0.25) is 11.8 Å². The molecule has 1 saturated heterocycles. The Balaban J connectivity index is 1.55. The van der Waals surface area contributed by atoms with Gasteiger partial charge in [-0.1, -0.05) is 17.8 Å². The van der Waals surface area contributed by atoms with Crippen LogP contribution in [0.5, 0.6) is 17.2 Å². The Morgan fingerprint density at radius 2 is 1.64 bits per heavy atom. The van der Waals surface area contributed by atoms with Crippen LogP contribution >= 0.6 is 11.8 Å². The van der Waals surface area contributed by atoms with Crippen LogP contribution in [0.15, 0.2) is 71.7 Å². The minimum atomic E-state index is -1.06. The van der Waals surface area contributed by atoms with Gasteiger partial charge in [0.15, 0.2) is 16.7 Å². The number of carboxylic acid groups (broad SMARTS) is 1. The van der Waals surface area contributed by atoms with E-state index in [4.69, 9.17) is 24.3 Å². The van der Waals surface area contributed by atoms with Gasteiger partial charge >= 0.3 is 5.97 Å². The molecule has 3 aromatic rings. The van der Waals surface area contributed by atoms with Gasteiger partial charge in [0.25, 0.3) is 0 Å². The number of hydrogen-bond acceptors (Lipinski definition) is 8. The van der Waals surface area contributed by atoms with Crippen molar-refractivity contribution in [2.75, 3.05) is 26.6 Å². The zero-order valence-corrected chi connectivity index (χ0v) is 22.4. The summed E-state index contributed by atoms with van der Waals surface area (Å²) in [7, 11) is 4.67. The Labute approximate surface area is 229 Å². The molecular formula is C28H27N3O7S. The molecule has 1 heterocycles. The molecule has 0 radical (unpaired) electrons. The highest BCUT2D eigenvalue weighted by Gasteiger charge is 2.39. The second-order valence-corrected chi connectivity index (χ2v) is 9.62.